The van der Waals surface area contributed by atoms with E-state index in [-0.39, 0.29) is 12.5 Å². The first-order valence-corrected chi connectivity index (χ1v) is 6.57. The fourth-order valence-corrected chi connectivity index (χ4v) is 1.91. The number of hydrogen-bond donors (Lipinski definition) is 2. The van der Waals surface area contributed by atoms with Crippen LogP contribution in [-0.2, 0) is 16.1 Å². The Morgan fingerprint density at radius 3 is 2.65 bits per heavy atom. The number of pyridine rings is 1. The van der Waals surface area contributed by atoms with E-state index in [9.17, 15) is 9.59 Å². The molecule has 0 fully saturated rings. The SMILES string of the molecule is CCN(Cc1cccc(C)n1)CC(NC(C)=O)C(=O)O. The highest BCUT2D eigenvalue weighted by molar-refractivity contribution is 5.82. The molecule has 1 unspecified atom stereocenters. The maximum atomic E-state index is 11.1. The van der Waals surface area contributed by atoms with Gasteiger partial charge >= 0.3 is 5.97 Å². The van der Waals surface area contributed by atoms with Crippen molar-refractivity contribution in [3.8, 4) is 0 Å². The maximum Gasteiger partial charge on any atom is 0.327 e. The van der Waals surface area contributed by atoms with E-state index in [0.29, 0.717) is 13.1 Å². The Morgan fingerprint density at radius 1 is 1.45 bits per heavy atom. The first-order valence-electron chi connectivity index (χ1n) is 6.57. The summed E-state index contributed by atoms with van der Waals surface area (Å²) in [6.07, 6.45) is 0. The maximum absolute atomic E-state index is 11.1. The van der Waals surface area contributed by atoms with Crippen LogP contribution in [0.4, 0.5) is 0 Å². The summed E-state index contributed by atoms with van der Waals surface area (Å²) in [4.78, 5) is 28.5. The molecule has 1 rings (SSSR count). The van der Waals surface area contributed by atoms with Gasteiger partial charge in [-0.15, -0.1) is 0 Å². The number of rotatable bonds is 7. The summed E-state index contributed by atoms with van der Waals surface area (Å²) in [6, 6.07) is 4.84. The van der Waals surface area contributed by atoms with Crippen LogP contribution in [-0.4, -0.2) is 46.0 Å². The molecule has 1 heterocycles. The summed E-state index contributed by atoms with van der Waals surface area (Å²) in [6.45, 7) is 6.66. The third-order valence-corrected chi connectivity index (χ3v) is 2.90. The van der Waals surface area contributed by atoms with E-state index < -0.39 is 12.0 Å². The summed E-state index contributed by atoms with van der Waals surface area (Å²) in [5.74, 6) is -1.38. The molecule has 0 radical (unpaired) electrons. The summed E-state index contributed by atoms with van der Waals surface area (Å²) < 4.78 is 0. The molecule has 0 aliphatic carbocycles. The highest BCUT2D eigenvalue weighted by Gasteiger charge is 2.21. The average Bonchev–Trinajstić information content (AvgIpc) is 2.36. The number of nitrogens with zero attached hydrogens (tertiary/aromatic N) is 2. The fourth-order valence-electron chi connectivity index (χ4n) is 1.91. The number of hydrogen-bond acceptors (Lipinski definition) is 4. The Bertz CT molecular complexity index is 476. The van der Waals surface area contributed by atoms with Gasteiger partial charge in [0.05, 0.1) is 5.69 Å². The number of carboxylic acids is 1. The van der Waals surface area contributed by atoms with Crippen molar-refractivity contribution in [1.29, 1.82) is 0 Å². The third-order valence-electron chi connectivity index (χ3n) is 2.90. The number of aromatic nitrogens is 1. The Kier molecular flexibility index (Phi) is 6.11. The molecule has 0 saturated heterocycles. The predicted molar refractivity (Wildman–Crippen MR) is 75.2 cm³/mol. The molecule has 0 spiro atoms. The molecule has 1 amide bonds. The molecule has 2 N–H and O–H groups in total. The van der Waals surface area contributed by atoms with Crippen LogP contribution in [0.25, 0.3) is 0 Å². The van der Waals surface area contributed by atoms with Gasteiger partial charge in [0.25, 0.3) is 0 Å². The number of carboxylic acid groups (broad SMARTS) is 1. The van der Waals surface area contributed by atoms with Gasteiger partial charge in [-0.25, -0.2) is 4.79 Å². The summed E-state index contributed by atoms with van der Waals surface area (Å²) in [7, 11) is 0. The van der Waals surface area contributed by atoms with E-state index in [1.807, 2.05) is 36.9 Å². The largest absolute Gasteiger partial charge is 0.480 e. The monoisotopic (exact) mass is 279 g/mol. The van der Waals surface area contributed by atoms with Gasteiger partial charge in [-0.05, 0) is 25.6 Å². The van der Waals surface area contributed by atoms with Crippen LogP contribution >= 0.6 is 0 Å². The molecule has 0 aromatic carbocycles. The van der Waals surface area contributed by atoms with Gasteiger partial charge in [0, 0.05) is 25.7 Å². The minimum absolute atomic E-state index is 0.251. The lowest BCUT2D eigenvalue weighted by Crippen LogP contribution is -2.47. The van der Waals surface area contributed by atoms with E-state index in [2.05, 4.69) is 10.3 Å². The van der Waals surface area contributed by atoms with E-state index in [4.69, 9.17) is 5.11 Å². The van der Waals surface area contributed by atoms with Crippen molar-refractivity contribution < 1.29 is 14.7 Å². The molecule has 6 heteroatoms. The topological polar surface area (TPSA) is 82.5 Å². The second-order valence-corrected chi connectivity index (χ2v) is 4.69. The van der Waals surface area contributed by atoms with Gasteiger partial charge in [0.1, 0.15) is 6.04 Å². The number of nitrogens with one attached hydrogen (secondary N) is 1. The van der Waals surface area contributed by atoms with Crippen LogP contribution in [0, 0.1) is 6.92 Å². The average molecular weight is 279 g/mol. The number of amides is 1. The number of aryl methyl sites for hydroxylation is 1. The molecule has 0 aliphatic heterocycles. The Balaban J connectivity index is 2.69. The van der Waals surface area contributed by atoms with E-state index >= 15 is 0 Å². The molecule has 0 bridgehead atoms. The van der Waals surface area contributed by atoms with Crippen molar-refractivity contribution in [1.82, 2.24) is 15.2 Å². The molecule has 1 aromatic heterocycles. The lowest BCUT2D eigenvalue weighted by molar-refractivity contribution is -0.142. The Morgan fingerprint density at radius 2 is 2.15 bits per heavy atom. The highest BCUT2D eigenvalue weighted by Crippen LogP contribution is 2.04. The smallest absolute Gasteiger partial charge is 0.327 e. The second kappa shape index (κ2) is 7.59. The zero-order valence-corrected chi connectivity index (χ0v) is 12.1. The van der Waals surface area contributed by atoms with Crippen molar-refractivity contribution in [3.05, 3.63) is 29.6 Å². The van der Waals surface area contributed by atoms with Crippen molar-refractivity contribution in [2.24, 2.45) is 0 Å². The third kappa shape index (κ3) is 5.36. The zero-order chi connectivity index (χ0) is 15.1. The normalized spacial score (nSPS) is 12.2. The van der Waals surface area contributed by atoms with Gasteiger partial charge in [-0.1, -0.05) is 13.0 Å². The van der Waals surface area contributed by atoms with Crippen LogP contribution in [0.15, 0.2) is 18.2 Å². The molecule has 0 saturated carbocycles. The predicted octanol–water partition coefficient (Wildman–Crippen LogP) is 0.801. The molecule has 1 aromatic rings. The standard InChI is InChI=1S/C14H21N3O3/c1-4-17(8-12-7-5-6-10(2)15-12)9-13(14(19)20)16-11(3)18/h5-7,13H,4,8-9H2,1-3H3,(H,16,18)(H,19,20). The van der Waals surface area contributed by atoms with Crippen LogP contribution in [0.5, 0.6) is 0 Å². The molecule has 0 aliphatic rings. The Labute approximate surface area is 118 Å². The van der Waals surface area contributed by atoms with Crippen LogP contribution in [0.3, 0.4) is 0 Å². The van der Waals surface area contributed by atoms with Gasteiger partial charge in [0.15, 0.2) is 0 Å². The Hall–Kier alpha value is -1.95. The quantitative estimate of drug-likeness (QED) is 0.771. The molecule has 110 valence electrons. The zero-order valence-electron chi connectivity index (χ0n) is 12.1. The second-order valence-electron chi connectivity index (χ2n) is 4.69. The molecular weight excluding hydrogens is 258 g/mol. The molecule has 1 atom stereocenters. The molecular formula is C14H21N3O3. The van der Waals surface area contributed by atoms with Crippen LogP contribution < -0.4 is 5.32 Å². The van der Waals surface area contributed by atoms with Gasteiger partial charge < -0.3 is 10.4 Å². The van der Waals surface area contributed by atoms with Crippen LogP contribution in [0.2, 0.25) is 0 Å². The number of carbonyl (C=O) groups excluding carboxylic acids is 1. The lowest BCUT2D eigenvalue weighted by Gasteiger charge is -2.24. The number of aliphatic carboxylic acids is 1. The summed E-state index contributed by atoms with van der Waals surface area (Å²) in [5.41, 5.74) is 1.81. The van der Waals surface area contributed by atoms with Gasteiger partial charge in [-0.3, -0.25) is 14.7 Å². The molecule has 20 heavy (non-hydrogen) atoms. The van der Waals surface area contributed by atoms with Gasteiger partial charge in [-0.2, -0.15) is 0 Å². The van der Waals surface area contributed by atoms with Crippen molar-refractivity contribution in [2.75, 3.05) is 13.1 Å². The van der Waals surface area contributed by atoms with E-state index in [1.54, 1.807) is 0 Å². The summed E-state index contributed by atoms with van der Waals surface area (Å²) in [5, 5.41) is 11.6. The van der Waals surface area contributed by atoms with E-state index in [1.165, 1.54) is 6.92 Å². The van der Waals surface area contributed by atoms with Crippen molar-refractivity contribution in [3.63, 3.8) is 0 Å². The number of carbonyl (C=O) groups is 2. The first kappa shape index (κ1) is 16.1. The first-order chi connectivity index (χ1) is 9.42. The van der Waals surface area contributed by atoms with Crippen LogP contribution in [0.1, 0.15) is 25.2 Å². The minimum atomic E-state index is -1.03. The summed E-state index contributed by atoms with van der Waals surface area (Å²) >= 11 is 0. The lowest BCUT2D eigenvalue weighted by atomic mass is 10.2. The highest BCUT2D eigenvalue weighted by atomic mass is 16.4. The van der Waals surface area contributed by atoms with Crippen molar-refractivity contribution >= 4 is 11.9 Å². The van der Waals surface area contributed by atoms with Crippen molar-refractivity contribution in [2.45, 2.75) is 33.4 Å². The fraction of sp³-hybridized carbons (Fsp3) is 0.500. The number of likely N-dealkylation sites (N-methyl/N-ethyl adjacent to an activating group) is 1. The van der Waals surface area contributed by atoms with Gasteiger partial charge in [0.2, 0.25) is 5.91 Å². The van der Waals surface area contributed by atoms with E-state index in [0.717, 1.165) is 11.4 Å². The molecule has 6 nitrogen and oxygen atoms in total. The minimum Gasteiger partial charge on any atom is -0.480 e.